The van der Waals surface area contributed by atoms with Gasteiger partial charge in [0.2, 0.25) is 23.5 Å². The van der Waals surface area contributed by atoms with Crippen LogP contribution in [0, 0.1) is 0 Å². The first kappa shape index (κ1) is 32.6. The molecule has 0 spiro atoms. The van der Waals surface area contributed by atoms with Gasteiger partial charge in [0.05, 0.1) is 17.8 Å². The van der Waals surface area contributed by atoms with Gasteiger partial charge in [0.15, 0.2) is 21.8 Å². The Morgan fingerprint density at radius 3 is 2.02 bits per heavy atom. The van der Waals surface area contributed by atoms with Gasteiger partial charge in [-0.05, 0) is 81.4 Å². The molecule has 0 unspecified atom stereocenters. The molecular weight excluding hydrogens is 649 g/mol. The number of carbonyl (C=O) groups excluding carboxylic acids is 2. The quantitative estimate of drug-likeness (QED) is 0.126. The predicted molar refractivity (Wildman–Crippen MR) is 187 cm³/mol. The molecule has 6 rings (SSSR count). The first-order chi connectivity index (χ1) is 23.2. The average molecular weight is 681 g/mol. The number of amides is 2. The Balaban J connectivity index is 1.06. The van der Waals surface area contributed by atoms with Crippen molar-refractivity contribution >= 4 is 52.9 Å². The Labute approximate surface area is 285 Å². The van der Waals surface area contributed by atoms with E-state index in [9.17, 15) is 9.59 Å². The zero-order valence-electron chi connectivity index (χ0n) is 26.4. The SMILES string of the molecule is C=Cn1c(SCC(=O)Nc2ccccc2)nnc1-c1ccc(-c2ccc(NC(=O)CSc3nnc(-c4ccco4)n3C(C)(C)C)cc2)o1. The normalized spacial score (nSPS) is 11.4. The molecule has 0 aliphatic heterocycles. The summed E-state index contributed by atoms with van der Waals surface area (Å²) in [5.74, 6) is 2.76. The van der Waals surface area contributed by atoms with Gasteiger partial charge in [0.1, 0.15) is 5.76 Å². The highest BCUT2D eigenvalue weighted by Crippen LogP contribution is 2.32. The number of benzene rings is 2. The van der Waals surface area contributed by atoms with Crippen LogP contribution in [0.2, 0.25) is 0 Å². The standard InChI is InChI=1S/C34H32N8O4S2/c1-5-41-30(37-39-32(41)47-20-28(43)35-23-10-7-6-8-11-23)27-18-17-25(46-27)22-13-15-24(16-14-22)36-29(44)21-48-33-40-38-31(26-12-9-19-45-26)42(33)34(2,3)4/h5-19H,1,20-21H2,2-4H3,(H,35,43)(H,36,44). The van der Waals surface area contributed by atoms with E-state index in [0.717, 1.165) is 11.3 Å². The molecule has 0 fully saturated rings. The van der Waals surface area contributed by atoms with E-state index in [0.29, 0.717) is 44.9 Å². The molecule has 2 amide bonds. The molecule has 2 aromatic carbocycles. The summed E-state index contributed by atoms with van der Waals surface area (Å²) < 4.78 is 15.3. The first-order valence-electron chi connectivity index (χ1n) is 14.9. The molecule has 0 radical (unpaired) electrons. The van der Waals surface area contributed by atoms with Crippen LogP contribution in [0.5, 0.6) is 0 Å². The summed E-state index contributed by atoms with van der Waals surface area (Å²) in [5.41, 5.74) is 1.86. The number of nitrogens with zero attached hydrogens (tertiary/aromatic N) is 6. The molecule has 12 nitrogen and oxygen atoms in total. The summed E-state index contributed by atoms with van der Waals surface area (Å²) in [6, 6.07) is 23.9. The minimum atomic E-state index is -0.324. The fourth-order valence-electron chi connectivity index (χ4n) is 4.75. The fraction of sp³-hybridized carbons (Fsp3) is 0.176. The molecule has 0 aliphatic carbocycles. The monoisotopic (exact) mass is 680 g/mol. The minimum absolute atomic E-state index is 0.150. The maximum Gasteiger partial charge on any atom is 0.234 e. The third kappa shape index (κ3) is 7.45. The van der Waals surface area contributed by atoms with Gasteiger partial charge in [-0.1, -0.05) is 48.3 Å². The average Bonchev–Trinajstić information content (AvgIpc) is 3.89. The van der Waals surface area contributed by atoms with Gasteiger partial charge in [-0.15, -0.1) is 20.4 Å². The summed E-state index contributed by atoms with van der Waals surface area (Å²) >= 11 is 2.55. The molecule has 0 saturated carbocycles. The van der Waals surface area contributed by atoms with E-state index in [1.807, 2.05) is 92.1 Å². The van der Waals surface area contributed by atoms with E-state index in [2.05, 4.69) is 37.6 Å². The van der Waals surface area contributed by atoms with Crippen molar-refractivity contribution in [3.63, 3.8) is 0 Å². The summed E-state index contributed by atoms with van der Waals surface area (Å²) in [4.78, 5) is 25.3. The van der Waals surface area contributed by atoms with Gasteiger partial charge in [-0.2, -0.15) is 0 Å². The van der Waals surface area contributed by atoms with Crippen LogP contribution in [0.4, 0.5) is 11.4 Å². The number of anilines is 2. The third-order valence-corrected chi connectivity index (χ3v) is 8.77. The second kappa shape index (κ2) is 14.2. The van der Waals surface area contributed by atoms with Gasteiger partial charge in [-0.25, -0.2) is 0 Å². The Kier molecular flexibility index (Phi) is 9.64. The number of rotatable bonds is 12. The zero-order chi connectivity index (χ0) is 33.7. The Morgan fingerprint density at radius 1 is 0.750 bits per heavy atom. The van der Waals surface area contributed by atoms with Crippen molar-refractivity contribution in [2.24, 2.45) is 0 Å². The lowest BCUT2D eigenvalue weighted by molar-refractivity contribution is -0.114. The number of furan rings is 2. The van der Waals surface area contributed by atoms with E-state index < -0.39 is 0 Å². The van der Waals surface area contributed by atoms with Crippen LogP contribution >= 0.6 is 23.5 Å². The van der Waals surface area contributed by atoms with Crippen molar-refractivity contribution < 1.29 is 18.4 Å². The van der Waals surface area contributed by atoms with Crippen molar-refractivity contribution in [2.45, 2.75) is 36.6 Å². The van der Waals surface area contributed by atoms with Gasteiger partial charge in [0.25, 0.3) is 0 Å². The first-order valence-corrected chi connectivity index (χ1v) is 16.8. The van der Waals surface area contributed by atoms with Gasteiger partial charge >= 0.3 is 0 Å². The largest absolute Gasteiger partial charge is 0.461 e. The number of thioether (sulfide) groups is 2. The number of aromatic nitrogens is 6. The Bertz CT molecular complexity index is 2020. The van der Waals surface area contributed by atoms with Crippen LogP contribution in [0.1, 0.15) is 20.8 Å². The molecule has 14 heteroatoms. The second-order valence-corrected chi connectivity index (χ2v) is 13.3. The van der Waals surface area contributed by atoms with Crippen molar-refractivity contribution in [3.8, 4) is 34.5 Å². The van der Waals surface area contributed by atoms with Gasteiger partial charge in [0, 0.05) is 28.7 Å². The predicted octanol–water partition coefficient (Wildman–Crippen LogP) is 7.37. The van der Waals surface area contributed by atoms with Gasteiger partial charge in [-0.3, -0.25) is 18.7 Å². The topological polar surface area (TPSA) is 146 Å². The highest BCUT2D eigenvalue weighted by atomic mass is 32.2. The molecule has 6 aromatic rings. The fourth-order valence-corrected chi connectivity index (χ4v) is 6.40. The lowest BCUT2D eigenvalue weighted by Gasteiger charge is -2.24. The maximum atomic E-state index is 12.9. The van der Waals surface area contributed by atoms with Gasteiger partial charge < -0.3 is 19.5 Å². The van der Waals surface area contributed by atoms with Crippen molar-refractivity contribution in [1.29, 1.82) is 0 Å². The Hall–Kier alpha value is -5.34. The molecule has 0 atom stereocenters. The van der Waals surface area contributed by atoms with Crippen LogP contribution in [-0.4, -0.2) is 52.8 Å². The number of nitrogens with one attached hydrogen (secondary N) is 2. The van der Waals surface area contributed by atoms with E-state index in [1.54, 1.807) is 29.2 Å². The summed E-state index contributed by atoms with van der Waals surface area (Å²) in [6.07, 6.45) is 3.17. The Morgan fingerprint density at radius 2 is 1.38 bits per heavy atom. The smallest absolute Gasteiger partial charge is 0.234 e. The molecule has 48 heavy (non-hydrogen) atoms. The van der Waals surface area contributed by atoms with Crippen LogP contribution in [-0.2, 0) is 15.1 Å². The number of para-hydroxylation sites is 1. The molecule has 0 aliphatic rings. The molecule has 4 aromatic heterocycles. The molecule has 244 valence electrons. The minimum Gasteiger partial charge on any atom is -0.461 e. The number of hydrogen-bond acceptors (Lipinski definition) is 10. The molecule has 0 bridgehead atoms. The summed E-state index contributed by atoms with van der Waals surface area (Å²) in [5, 5.41) is 24.1. The molecule has 2 N–H and O–H groups in total. The summed E-state index contributed by atoms with van der Waals surface area (Å²) in [7, 11) is 0. The van der Waals surface area contributed by atoms with E-state index in [4.69, 9.17) is 8.83 Å². The lowest BCUT2D eigenvalue weighted by Crippen LogP contribution is -2.24. The zero-order valence-corrected chi connectivity index (χ0v) is 28.0. The van der Waals surface area contributed by atoms with Crippen molar-refractivity contribution in [2.75, 3.05) is 22.1 Å². The van der Waals surface area contributed by atoms with Crippen molar-refractivity contribution in [1.82, 2.24) is 29.5 Å². The lowest BCUT2D eigenvalue weighted by atomic mass is 10.1. The molecule has 4 heterocycles. The van der Waals surface area contributed by atoms with E-state index >= 15 is 0 Å². The number of carbonyl (C=O) groups is 2. The van der Waals surface area contributed by atoms with Crippen LogP contribution in [0.25, 0.3) is 40.7 Å². The third-order valence-electron chi connectivity index (χ3n) is 6.89. The van der Waals surface area contributed by atoms with E-state index in [1.165, 1.54) is 23.5 Å². The maximum absolute atomic E-state index is 12.9. The van der Waals surface area contributed by atoms with Crippen LogP contribution in [0.15, 0.2) is 111 Å². The highest BCUT2D eigenvalue weighted by molar-refractivity contribution is 8.00. The van der Waals surface area contributed by atoms with Crippen molar-refractivity contribution in [3.05, 3.63) is 91.7 Å². The summed E-state index contributed by atoms with van der Waals surface area (Å²) in [6.45, 7) is 10.0. The van der Waals surface area contributed by atoms with Crippen LogP contribution in [0.3, 0.4) is 0 Å². The van der Waals surface area contributed by atoms with Crippen LogP contribution < -0.4 is 10.6 Å². The highest BCUT2D eigenvalue weighted by Gasteiger charge is 2.26. The molecular formula is C34H32N8O4S2. The van der Waals surface area contributed by atoms with E-state index in [-0.39, 0.29) is 28.9 Å². The molecule has 0 saturated heterocycles. The second-order valence-electron chi connectivity index (χ2n) is 11.4. The number of hydrogen-bond donors (Lipinski definition) is 2.